The third-order valence-corrected chi connectivity index (χ3v) is 9.36. The minimum Gasteiger partial charge on any atom is -0.363 e. The Balaban J connectivity index is 1.27. The Bertz CT molecular complexity index is 1090. The van der Waals surface area contributed by atoms with Crippen LogP contribution in [0.1, 0.15) is 79.9 Å². The molecule has 1 amide bonds. The largest absolute Gasteiger partial charge is 0.410 e. The van der Waals surface area contributed by atoms with E-state index in [0.717, 1.165) is 41.7 Å². The first kappa shape index (κ1) is 23.2. The van der Waals surface area contributed by atoms with E-state index in [4.69, 9.17) is 11.6 Å². The molecule has 4 aliphatic carbocycles. The van der Waals surface area contributed by atoms with Crippen LogP contribution < -0.4 is 10.6 Å². The summed E-state index contributed by atoms with van der Waals surface area (Å²) in [6, 6.07) is 4.29. The van der Waals surface area contributed by atoms with Crippen LogP contribution in [0.5, 0.6) is 0 Å². The second-order valence-corrected chi connectivity index (χ2v) is 11.8. The number of rotatable bonds is 4. The minimum absolute atomic E-state index is 0.0342. The number of carbonyl (C=O) groups excluding carboxylic acids is 1. The van der Waals surface area contributed by atoms with Crippen molar-refractivity contribution in [3.8, 4) is 0 Å². The van der Waals surface area contributed by atoms with Crippen molar-refractivity contribution < 1.29 is 18.0 Å². The fraction of sp³-hybridized carbons (Fsp3) is 0.615. The number of alkyl halides is 3. The lowest BCUT2D eigenvalue weighted by Gasteiger charge is -2.59. The summed E-state index contributed by atoms with van der Waals surface area (Å²) in [5.74, 6) is 2.00. The van der Waals surface area contributed by atoms with Crippen LogP contribution >= 0.6 is 11.6 Å². The molecule has 3 atom stereocenters. The van der Waals surface area contributed by atoms with Gasteiger partial charge < -0.3 is 10.6 Å². The quantitative estimate of drug-likeness (QED) is 0.495. The Morgan fingerprint density at radius 3 is 2.29 bits per heavy atom. The Labute approximate surface area is 207 Å². The highest BCUT2D eigenvalue weighted by Crippen LogP contribution is 2.61. The van der Waals surface area contributed by atoms with Crippen molar-refractivity contribution in [2.75, 3.05) is 5.32 Å². The number of halogens is 4. The van der Waals surface area contributed by atoms with Gasteiger partial charge in [-0.2, -0.15) is 18.3 Å². The Hall–Kier alpha value is -2.22. The van der Waals surface area contributed by atoms with E-state index in [0.29, 0.717) is 10.6 Å². The number of anilines is 1. The summed E-state index contributed by atoms with van der Waals surface area (Å²) in [6.45, 7) is 2.07. The van der Waals surface area contributed by atoms with Crippen LogP contribution in [-0.2, 0) is 0 Å². The molecular weight excluding hydrogens is 477 g/mol. The second-order valence-electron chi connectivity index (χ2n) is 11.4. The van der Waals surface area contributed by atoms with E-state index in [1.54, 1.807) is 24.3 Å². The zero-order chi connectivity index (χ0) is 24.5. The summed E-state index contributed by atoms with van der Waals surface area (Å²) in [5, 5.41) is 10.9. The highest BCUT2D eigenvalue weighted by Gasteiger charge is 2.53. The lowest BCUT2D eigenvalue weighted by Crippen LogP contribution is -2.55. The Kier molecular flexibility index (Phi) is 5.40. The van der Waals surface area contributed by atoms with Crippen LogP contribution in [0.15, 0.2) is 30.5 Å². The molecule has 1 aliphatic heterocycles. The lowest BCUT2D eigenvalue weighted by atomic mass is 9.48. The molecule has 2 aromatic rings. The predicted octanol–water partition coefficient (Wildman–Crippen LogP) is 6.53. The number of nitrogens with zero attached hydrogens (tertiary/aromatic N) is 2. The van der Waals surface area contributed by atoms with Crippen molar-refractivity contribution in [1.82, 2.24) is 15.1 Å². The Morgan fingerprint density at radius 1 is 1.11 bits per heavy atom. The zero-order valence-electron chi connectivity index (χ0n) is 19.6. The zero-order valence-corrected chi connectivity index (χ0v) is 20.4. The molecule has 1 aromatic heterocycles. The van der Waals surface area contributed by atoms with Gasteiger partial charge >= 0.3 is 6.18 Å². The van der Waals surface area contributed by atoms with Crippen LogP contribution in [-0.4, -0.2) is 27.9 Å². The molecule has 1 aromatic carbocycles. The van der Waals surface area contributed by atoms with Crippen LogP contribution in [0, 0.1) is 23.2 Å². The number of nitrogens with one attached hydrogen (secondary N) is 2. The molecule has 2 N–H and O–H groups in total. The number of benzene rings is 1. The summed E-state index contributed by atoms with van der Waals surface area (Å²) < 4.78 is 42.9. The number of aromatic nitrogens is 2. The molecule has 4 bridgehead atoms. The second kappa shape index (κ2) is 8.15. The summed E-state index contributed by atoms with van der Waals surface area (Å²) in [6.07, 6.45) is 3.91. The molecule has 188 valence electrons. The van der Waals surface area contributed by atoms with E-state index >= 15 is 0 Å². The molecule has 0 radical (unpaired) electrons. The van der Waals surface area contributed by atoms with Gasteiger partial charge in [0.1, 0.15) is 11.4 Å². The molecule has 9 heteroatoms. The van der Waals surface area contributed by atoms with Gasteiger partial charge in [-0.05, 0) is 86.3 Å². The molecular formula is C26H30ClF3N4O. The van der Waals surface area contributed by atoms with E-state index < -0.39 is 18.3 Å². The van der Waals surface area contributed by atoms with Crippen molar-refractivity contribution >= 4 is 23.3 Å². The van der Waals surface area contributed by atoms with E-state index in [1.807, 2.05) is 0 Å². The molecule has 2 heterocycles. The Morgan fingerprint density at radius 2 is 1.71 bits per heavy atom. The summed E-state index contributed by atoms with van der Waals surface area (Å²) >= 11 is 5.98. The average molecular weight is 507 g/mol. The standard InChI is InChI=1S/C26H30ClF3N4O/c1-14(25-10-15-6-16(11-25)8-17(7-15)12-25)32-24(35)20-13-31-34-22(26(28,29)30)9-21(33-23(20)34)18-2-4-19(27)5-3-18/h2-5,13-17,21-22,33H,6-12H2,1H3,(H,32,35). The van der Waals surface area contributed by atoms with E-state index in [-0.39, 0.29) is 35.2 Å². The van der Waals surface area contributed by atoms with E-state index in [9.17, 15) is 18.0 Å². The summed E-state index contributed by atoms with van der Waals surface area (Å²) in [7, 11) is 0. The molecule has 0 spiro atoms. The van der Waals surface area contributed by atoms with Gasteiger partial charge in [-0.3, -0.25) is 4.79 Å². The SMILES string of the molecule is CC(NC(=O)c1cnn2c1NC(c1ccc(Cl)cc1)CC2C(F)(F)F)C12CC3CC(CC(C3)C1)C2. The van der Waals surface area contributed by atoms with Crippen molar-refractivity contribution in [2.24, 2.45) is 23.2 Å². The minimum atomic E-state index is -4.49. The normalized spacial score (nSPS) is 34.3. The number of hydrogen-bond donors (Lipinski definition) is 2. The maximum atomic E-state index is 14.0. The van der Waals surface area contributed by atoms with Crippen LogP contribution in [0.25, 0.3) is 0 Å². The number of carbonyl (C=O) groups is 1. The monoisotopic (exact) mass is 506 g/mol. The third-order valence-electron chi connectivity index (χ3n) is 9.11. The van der Waals surface area contributed by atoms with Crippen molar-refractivity contribution in [1.29, 1.82) is 0 Å². The fourth-order valence-electron chi connectivity index (χ4n) is 7.78. The maximum absolute atomic E-state index is 14.0. The molecule has 7 rings (SSSR count). The maximum Gasteiger partial charge on any atom is 0.410 e. The van der Waals surface area contributed by atoms with Gasteiger partial charge in [0.25, 0.3) is 5.91 Å². The molecule has 4 fully saturated rings. The summed E-state index contributed by atoms with van der Waals surface area (Å²) in [5.41, 5.74) is 0.949. The summed E-state index contributed by atoms with van der Waals surface area (Å²) in [4.78, 5) is 13.4. The van der Waals surface area contributed by atoms with Gasteiger partial charge in [0, 0.05) is 17.5 Å². The van der Waals surface area contributed by atoms with Gasteiger partial charge in [-0.25, -0.2) is 4.68 Å². The van der Waals surface area contributed by atoms with E-state index in [1.165, 1.54) is 25.5 Å². The number of fused-ring (bicyclic) bond motifs is 1. The topological polar surface area (TPSA) is 59.0 Å². The molecule has 0 saturated heterocycles. The highest BCUT2D eigenvalue weighted by molar-refractivity contribution is 6.30. The van der Waals surface area contributed by atoms with Crippen LogP contribution in [0.3, 0.4) is 0 Å². The fourth-order valence-corrected chi connectivity index (χ4v) is 7.90. The van der Waals surface area contributed by atoms with E-state index in [2.05, 4.69) is 22.7 Å². The van der Waals surface area contributed by atoms with Crippen LogP contribution in [0.4, 0.5) is 19.0 Å². The average Bonchev–Trinajstić information content (AvgIpc) is 3.21. The predicted molar refractivity (Wildman–Crippen MR) is 127 cm³/mol. The smallest absolute Gasteiger partial charge is 0.363 e. The van der Waals surface area contributed by atoms with Crippen molar-refractivity contribution in [2.45, 2.75) is 76.2 Å². The molecule has 35 heavy (non-hydrogen) atoms. The first-order valence-electron chi connectivity index (χ1n) is 12.6. The van der Waals surface area contributed by atoms with Gasteiger partial charge in [-0.1, -0.05) is 23.7 Å². The lowest BCUT2D eigenvalue weighted by molar-refractivity contribution is -0.173. The van der Waals surface area contributed by atoms with Gasteiger partial charge in [-0.15, -0.1) is 0 Å². The van der Waals surface area contributed by atoms with Crippen LogP contribution in [0.2, 0.25) is 5.02 Å². The van der Waals surface area contributed by atoms with Crippen molar-refractivity contribution in [3.05, 3.63) is 46.6 Å². The molecule has 3 unspecified atom stereocenters. The first-order valence-corrected chi connectivity index (χ1v) is 13.0. The van der Waals surface area contributed by atoms with Gasteiger partial charge in [0.15, 0.2) is 6.04 Å². The van der Waals surface area contributed by atoms with Crippen molar-refractivity contribution in [3.63, 3.8) is 0 Å². The molecule has 5 nitrogen and oxygen atoms in total. The first-order chi connectivity index (χ1) is 16.6. The third kappa shape index (κ3) is 4.02. The van der Waals surface area contributed by atoms with Gasteiger partial charge in [0.2, 0.25) is 0 Å². The highest BCUT2D eigenvalue weighted by atomic mass is 35.5. The molecule has 5 aliphatic rings. The number of hydrogen-bond acceptors (Lipinski definition) is 3. The molecule has 4 saturated carbocycles. The number of amides is 1. The van der Waals surface area contributed by atoms with Gasteiger partial charge in [0.05, 0.1) is 12.2 Å².